The maximum Gasteiger partial charge on any atom is 0.260 e. The number of rotatable bonds is 8. The van der Waals surface area contributed by atoms with Gasteiger partial charge in [-0.15, -0.1) is 0 Å². The van der Waals surface area contributed by atoms with Gasteiger partial charge in [0.1, 0.15) is 6.54 Å². The van der Waals surface area contributed by atoms with Crippen molar-refractivity contribution in [1.29, 1.82) is 0 Å². The zero-order chi connectivity index (χ0) is 26.5. The van der Waals surface area contributed by atoms with Crippen LogP contribution in [0.4, 0.5) is 11.4 Å². The molecule has 8 nitrogen and oxygen atoms in total. The van der Waals surface area contributed by atoms with Gasteiger partial charge in [0.25, 0.3) is 11.8 Å². The van der Waals surface area contributed by atoms with Gasteiger partial charge in [-0.1, -0.05) is 35.9 Å². The largest absolute Gasteiger partial charge is 0.322 e. The Labute approximate surface area is 216 Å². The molecule has 0 aliphatic heterocycles. The van der Waals surface area contributed by atoms with Crippen LogP contribution in [0.3, 0.4) is 0 Å². The lowest BCUT2D eigenvalue weighted by Gasteiger charge is -2.22. The molecule has 188 valence electrons. The van der Waals surface area contributed by atoms with Gasteiger partial charge in [-0.05, 0) is 79.9 Å². The summed E-state index contributed by atoms with van der Waals surface area (Å²) < 4.78 is 25.8. The van der Waals surface area contributed by atoms with Crippen molar-refractivity contribution in [2.75, 3.05) is 22.4 Å². The highest BCUT2D eigenvalue weighted by molar-refractivity contribution is 7.92. The third-order valence-corrected chi connectivity index (χ3v) is 6.53. The Bertz CT molecular complexity index is 1420. The van der Waals surface area contributed by atoms with Crippen LogP contribution in [0, 0.1) is 13.8 Å². The molecule has 2 amide bonds. The zero-order valence-corrected chi connectivity index (χ0v) is 21.9. The summed E-state index contributed by atoms with van der Waals surface area (Å²) in [4.78, 5) is 25.1. The number of carbonyl (C=O) groups is 2. The fourth-order valence-electron chi connectivity index (χ4n) is 3.53. The van der Waals surface area contributed by atoms with Gasteiger partial charge in [-0.2, -0.15) is 5.10 Å². The van der Waals surface area contributed by atoms with E-state index in [0.717, 1.165) is 21.7 Å². The Morgan fingerprint density at radius 2 is 1.58 bits per heavy atom. The highest BCUT2D eigenvalue weighted by atomic mass is 35.5. The molecule has 0 fully saturated rings. The van der Waals surface area contributed by atoms with Crippen molar-refractivity contribution >= 4 is 50.5 Å². The number of benzene rings is 3. The van der Waals surface area contributed by atoms with Crippen molar-refractivity contribution in [3.8, 4) is 0 Å². The summed E-state index contributed by atoms with van der Waals surface area (Å²) in [6.07, 6.45) is 1.05. The number of nitrogens with one attached hydrogen (secondary N) is 2. The molecule has 0 spiro atoms. The molecule has 0 unspecified atom stereocenters. The monoisotopic (exact) mass is 526 g/mol. The van der Waals surface area contributed by atoms with E-state index in [4.69, 9.17) is 11.6 Å². The minimum absolute atomic E-state index is 0.315. The number of amides is 2. The predicted octanol–water partition coefficient (Wildman–Crippen LogP) is 4.52. The number of hydrogen-bond acceptors (Lipinski definition) is 5. The molecule has 0 bridgehead atoms. The quantitative estimate of drug-likeness (QED) is 0.332. The Balaban J connectivity index is 1.71. The molecule has 0 radical (unpaired) electrons. The van der Waals surface area contributed by atoms with Crippen LogP contribution in [-0.4, -0.2) is 38.7 Å². The van der Waals surface area contributed by atoms with Crippen molar-refractivity contribution in [3.05, 3.63) is 94.0 Å². The molecule has 10 heteroatoms. The Kier molecular flexibility index (Phi) is 8.49. The number of nitrogens with zero attached hydrogens (tertiary/aromatic N) is 2. The average molecular weight is 527 g/mol. The van der Waals surface area contributed by atoms with E-state index in [1.165, 1.54) is 0 Å². The van der Waals surface area contributed by atoms with E-state index in [1.54, 1.807) is 67.6 Å². The summed E-state index contributed by atoms with van der Waals surface area (Å²) in [6.45, 7) is 4.98. The predicted molar refractivity (Wildman–Crippen MR) is 144 cm³/mol. The first-order valence-corrected chi connectivity index (χ1v) is 13.2. The summed E-state index contributed by atoms with van der Waals surface area (Å²) in [5.74, 6) is -0.908. The van der Waals surface area contributed by atoms with Crippen LogP contribution in [0.2, 0.25) is 5.02 Å². The number of aryl methyl sites for hydroxylation is 2. The molecule has 3 aromatic rings. The summed E-state index contributed by atoms with van der Waals surface area (Å²) in [5.41, 5.74) is 6.69. The first-order chi connectivity index (χ1) is 16.9. The first kappa shape index (κ1) is 26.9. The van der Waals surface area contributed by atoms with E-state index in [-0.39, 0.29) is 5.91 Å². The van der Waals surface area contributed by atoms with Crippen LogP contribution >= 0.6 is 11.6 Å². The second-order valence-corrected chi connectivity index (χ2v) is 10.7. The fourth-order valence-corrected chi connectivity index (χ4v) is 4.56. The summed E-state index contributed by atoms with van der Waals surface area (Å²) in [7, 11) is -3.70. The number of anilines is 2. The highest BCUT2D eigenvalue weighted by Crippen LogP contribution is 2.21. The van der Waals surface area contributed by atoms with E-state index < -0.39 is 22.5 Å². The normalized spacial score (nSPS) is 11.6. The maximum atomic E-state index is 12.6. The standard InChI is InChI=1S/C26H27ClN4O4S/c1-17-11-18(2)13-24(12-17)31(36(4,34)35)16-25(32)30-29-19(3)20-7-6-10-23(15-20)28-26(33)21-8-5-9-22(27)14-21/h5-15H,16H2,1-4H3,(H,28,33)(H,30,32)/b29-19-. The van der Waals surface area contributed by atoms with E-state index >= 15 is 0 Å². The third kappa shape index (κ3) is 7.40. The summed E-state index contributed by atoms with van der Waals surface area (Å²) in [5, 5.41) is 7.38. The average Bonchev–Trinajstić information content (AvgIpc) is 2.79. The van der Waals surface area contributed by atoms with E-state index in [1.807, 2.05) is 19.9 Å². The van der Waals surface area contributed by atoms with Gasteiger partial charge in [0, 0.05) is 16.3 Å². The SMILES string of the molecule is C/C(=N/NC(=O)CN(c1cc(C)cc(C)c1)S(C)(=O)=O)c1cccc(NC(=O)c2cccc(Cl)c2)c1. The molecule has 3 aromatic carbocycles. The zero-order valence-electron chi connectivity index (χ0n) is 20.4. The van der Waals surface area contributed by atoms with Gasteiger partial charge in [0.05, 0.1) is 17.7 Å². The van der Waals surface area contributed by atoms with Crippen LogP contribution in [0.15, 0.2) is 71.8 Å². The third-order valence-electron chi connectivity index (χ3n) is 5.16. The lowest BCUT2D eigenvalue weighted by molar-refractivity contribution is -0.119. The molecular formula is C26H27ClN4O4S. The Morgan fingerprint density at radius 1 is 0.944 bits per heavy atom. The number of hydrogen-bond donors (Lipinski definition) is 2. The Hall–Kier alpha value is -3.69. The first-order valence-electron chi connectivity index (χ1n) is 11.0. The molecule has 0 saturated heterocycles. The lowest BCUT2D eigenvalue weighted by Crippen LogP contribution is -2.39. The molecular weight excluding hydrogens is 500 g/mol. The van der Waals surface area contributed by atoms with Gasteiger partial charge in [-0.25, -0.2) is 13.8 Å². The van der Waals surface area contributed by atoms with Gasteiger partial charge < -0.3 is 5.32 Å². The Morgan fingerprint density at radius 3 is 2.22 bits per heavy atom. The number of sulfonamides is 1. The molecule has 0 aliphatic carbocycles. The smallest absolute Gasteiger partial charge is 0.260 e. The van der Waals surface area contributed by atoms with Gasteiger partial charge in [0.15, 0.2) is 0 Å². The van der Waals surface area contributed by atoms with Crippen LogP contribution in [0.25, 0.3) is 0 Å². The lowest BCUT2D eigenvalue weighted by atomic mass is 10.1. The molecule has 0 aromatic heterocycles. The maximum absolute atomic E-state index is 12.6. The second-order valence-electron chi connectivity index (χ2n) is 8.39. The molecule has 3 rings (SSSR count). The van der Waals surface area contributed by atoms with E-state index in [2.05, 4.69) is 15.8 Å². The number of halogens is 1. The fraction of sp³-hybridized carbons (Fsp3) is 0.192. The van der Waals surface area contributed by atoms with Crippen molar-refractivity contribution in [3.63, 3.8) is 0 Å². The number of carbonyl (C=O) groups excluding carboxylic acids is 2. The number of hydrazone groups is 1. The second kappa shape index (κ2) is 11.4. The van der Waals surface area contributed by atoms with E-state index in [0.29, 0.717) is 33.2 Å². The highest BCUT2D eigenvalue weighted by Gasteiger charge is 2.21. The molecule has 2 N–H and O–H groups in total. The van der Waals surface area contributed by atoms with Gasteiger partial charge in [-0.3, -0.25) is 13.9 Å². The van der Waals surface area contributed by atoms with Crippen LogP contribution in [0.1, 0.15) is 34.0 Å². The van der Waals surface area contributed by atoms with E-state index in [9.17, 15) is 18.0 Å². The van der Waals surface area contributed by atoms with Crippen molar-refractivity contribution in [2.24, 2.45) is 5.10 Å². The van der Waals surface area contributed by atoms with Gasteiger partial charge >= 0.3 is 0 Å². The summed E-state index contributed by atoms with van der Waals surface area (Å²) in [6, 6.07) is 18.9. The van der Waals surface area contributed by atoms with Crippen molar-refractivity contribution in [2.45, 2.75) is 20.8 Å². The van der Waals surface area contributed by atoms with Crippen LogP contribution in [0.5, 0.6) is 0 Å². The van der Waals surface area contributed by atoms with Crippen molar-refractivity contribution < 1.29 is 18.0 Å². The van der Waals surface area contributed by atoms with Crippen molar-refractivity contribution in [1.82, 2.24) is 5.43 Å². The summed E-state index contributed by atoms with van der Waals surface area (Å²) >= 11 is 5.96. The molecule has 0 aliphatic rings. The topological polar surface area (TPSA) is 108 Å². The van der Waals surface area contributed by atoms with Crippen LogP contribution < -0.4 is 15.0 Å². The molecule has 0 saturated carbocycles. The minimum Gasteiger partial charge on any atom is -0.322 e. The molecule has 0 atom stereocenters. The van der Waals surface area contributed by atoms with Crippen LogP contribution in [-0.2, 0) is 14.8 Å². The minimum atomic E-state index is -3.70. The molecule has 36 heavy (non-hydrogen) atoms. The molecule has 0 heterocycles. The van der Waals surface area contributed by atoms with Gasteiger partial charge in [0.2, 0.25) is 10.0 Å².